The molecule has 0 bridgehead atoms. The topological polar surface area (TPSA) is 52.4 Å². The van der Waals surface area contributed by atoms with Crippen LogP contribution in [0.3, 0.4) is 0 Å². The van der Waals surface area contributed by atoms with Gasteiger partial charge in [-0.05, 0) is 79.5 Å². The third kappa shape index (κ3) is 6.80. The summed E-state index contributed by atoms with van der Waals surface area (Å²) >= 11 is 0. The maximum absolute atomic E-state index is 13.4. The number of hydrogen-bond acceptors (Lipinski definition) is 5. The van der Waals surface area contributed by atoms with E-state index in [-0.39, 0.29) is 5.75 Å². The molecule has 204 valence electrons. The quantitative estimate of drug-likeness (QED) is 0.205. The fraction of sp³-hybridized carbons (Fsp3) is 0.355. The summed E-state index contributed by atoms with van der Waals surface area (Å²) in [6, 6.07) is 19.8. The van der Waals surface area contributed by atoms with Crippen LogP contribution in [0.2, 0.25) is 0 Å². The molecule has 0 N–H and O–H groups in total. The Morgan fingerprint density at radius 1 is 0.974 bits per heavy atom. The first-order valence-electron chi connectivity index (χ1n) is 13.2. The summed E-state index contributed by atoms with van der Waals surface area (Å²) in [5, 5.41) is 4.05. The highest BCUT2D eigenvalue weighted by Gasteiger charge is 2.34. The molecule has 8 heteroatoms. The second-order valence-electron chi connectivity index (χ2n) is 9.95. The van der Waals surface area contributed by atoms with Crippen LogP contribution in [0.4, 0.5) is 13.2 Å². The van der Waals surface area contributed by atoms with E-state index in [9.17, 15) is 13.2 Å². The van der Waals surface area contributed by atoms with E-state index >= 15 is 0 Å². The first kappa shape index (κ1) is 26.8. The van der Waals surface area contributed by atoms with Gasteiger partial charge in [0.05, 0.1) is 11.8 Å². The Hall–Kier alpha value is -3.81. The lowest BCUT2D eigenvalue weighted by molar-refractivity contribution is -0.274. The summed E-state index contributed by atoms with van der Waals surface area (Å²) in [7, 11) is 1.52. The van der Waals surface area contributed by atoms with Crippen LogP contribution in [0, 0.1) is 12.8 Å². The molecule has 1 saturated carbocycles. The monoisotopic (exact) mass is 536 g/mol. The Morgan fingerprint density at radius 2 is 1.72 bits per heavy atom. The Kier molecular flexibility index (Phi) is 7.91. The number of aliphatic imine (C=N–C) groups is 1. The minimum absolute atomic E-state index is 0.218. The van der Waals surface area contributed by atoms with Crippen molar-refractivity contribution >= 4 is 11.4 Å². The van der Waals surface area contributed by atoms with Crippen LogP contribution in [-0.2, 0) is 4.84 Å². The van der Waals surface area contributed by atoms with E-state index in [1.807, 2.05) is 49.4 Å². The van der Waals surface area contributed by atoms with Gasteiger partial charge >= 0.3 is 6.36 Å². The van der Waals surface area contributed by atoms with E-state index in [2.05, 4.69) is 9.89 Å². The van der Waals surface area contributed by atoms with Crippen molar-refractivity contribution in [2.45, 2.75) is 51.4 Å². The van der Waals surface area contributed by atoms with E-state index in [0.717, 1.165) is 53.8 Å². The predicted molar refractivity (Wildman–Crippen MR) is 146 cm³/mol. The van der Waals surface area contributed by atoms with Gasteiger partial charge in [0.15, 0.2) is 0 Å². The molecule has 0 spiro atoms. The highest BCUT2D eigenvalue weighted by atomic mass is 19.4. The van der Waals surface area contributed by atoms with E-state index in [0.29, 0.717) is 35.8 Å². The summed E-state index contributed by atoms with van der Waals surface area (Å²) in [6.45, 7) is 2.35. The summed E-state index contributed by atoms with van der Waals surface area (Å²) in [5.74, 6) is 0.841. The van der Waals surface area contributed by atoms with Crippen molar-refractivity contribution in [2.24, 2.45) is 16.1 Å². The first-order chi connectivity index (χ1) is 18.8. The fourth-order valence-corrected chi connectivity index (χ4v) is 4.96. The summed E-state index contributed by atoms with van der Waals surface area (Å²) in [6.07, 6.45) is -0.354. The van der Waals surface area contributed by atoms with Crippen LogP contribution in [0.5, 0.6) is 11.5 Å². The van der Waals surface area contributed by atoms with Crippen molar-refractivity contribution < 1.29 is 27.5 Å². The van der Waals surface area contributed by atoms with Gasteiger partial charge in [0.1, 0.15) is 25.2 Å². The Balaban J connectivity index is 1.39. The van der Waals surface area contributed by atoms with Crippen molar-refractivity contribution in [1.29, 1.82) is 0 Å². The average Bonchev–Trinajstić information content (AvgIpc) is 3.76. The van der Waals surface area contributed by atoms with Crippen LogP contribution < -0.4 is 9.47 Å². The number of rotatable bonds is 9. The summed E-state index contributed by atoms with van der Waals surface area (Å²) in [4.78, 5) is 9.80. The van der Waals surface area contributed by atoms with Crippen LogP contribution in [0.25, 0.3) is 11.1 Å². The molecule has 0 radical (unpaired) electrons. The number of alkyl halides is 3. The fourth-order valence-electron chi connectivity index (χ4n) is 4.96. The smallest absolute Gasteiger partial charge is 0.488 e. The van der Waals surface area contributed by atoms with Gasteiger partial charge in [-0.2, -0.15) is 0 Å². The Morgan fingerprint density at radius 3 is 2.41 bits per heavy atom. The van der Waals surface area contributed by atoms with Gasteiger partial charge < -0.3 is 14.3 Å². The van der Waals surface area contributed by atoms with Gasteiger partial charge in [0.25, 0.3) is 0 Å². The minimum atomic E-state index is -4.81. The zero-order chi connectivity index (χ0) is 27.4. The number of oxime groups is 1. The van der Waals surface area contributed by atoms with Crippen LogP contribution >= 0.6 is 0 Å². The zero-order valence-corrected chi connectivity index (χ0v) is 22.0. The Labute approximate surface area is 226 Å². The van der Waals surface area contributed by atoms with E-state index < -0.39 is 12.4 Å². The van der Waals surface area contributed by atoms with Crippen molar-refractivity contribution in [3.05, 3.63) is 83.4 Å². The van der Waals surface area contributed by atoms with Gasteiger partial charge in [-0.3, -0.25) is 4.99 Å². The molecule has 5 rings (SSSR count). The van der Waals surface area contributed by atoms with Crippen LogP contribution in [0.1, 0.15) is 54.8 Å². The molecule has 1 fully saturated rings. The molecule has 0 saturated heterocycles. The number of aryl methyl sites for hydroxylation is 1. The molecular weight excluding hydrogens is 505 g/mol. The van der Waals surface area contributed by atoms with E-state index in [1.165, 1.54) is 13.2 Å². The third-order valence-electron chi connectivity index (χ3n) is 7.09. The third-order valence-corrected chi connectivity index (χ3v) is 7.09. The number of nitrogens with zero attached hydrogens (tertiary/aromatic N) is 2. The summed E-state index contributed by atoms with van der Waals surface area (Å²) < 4.78 is 50.7. The standard InChI is InChI=1S/C31H31F3N2O3/c1-20-6-3-4-7-25(20)27-8-5-9-28(35-27)26-17-14-23(18-30(26)39-31(32,33)34)21-12-15-24(16-13-21)38-19-29(36-37-2)22-10-11-22/h3-4,6-7,12-18,22,28H,5,8-11,19H2,1-2H3/b36-29+. The zero-order valence-electron chi connectivity index (χ0n) is 22.0. The average molecular weight is 537 g/mol. The van der Waals surface area contributed by atoms with Gasteiger partial charge in [-0.15, -0.1) is 13.2 Å². The maximum atomic E-state index is 13.4. The molecule has 1 unspecified atom stereocenters. The van der Waals surface area contributed by atoms with Gasteiger partial charge in [-0.25, -0.2) is 0 Å². The van der Waals surface area contributed by atoms with E-state index in [4.69, 9.17) is 14.6 Å². The molecule has 0 amide bonds. The predicted octanol–water partition coefficient (Wildman–Crippen LogP) is 8.07. The van der Waals surface area contributed by atoms with Crippen molar-refractivity contribution in [3.63, 3.8) is 0 Å². The van der Waals surface area contributed by atoms with Crippen molar-refractivity contribution in [2.75, 3.05) is 13.7 Å². The number of benzene rings is 3. The molecule has 3 aromatic rings. The number of ether oxygens (including phenoxy) is 2. The second-order valence-corrected chi connectivity index (χ2v) is 9.95. The molecule has 5 nitrogen and oxygen atoms in total. The normalized spacial score (nSPS) is 17.9. The highest BCUT2D eigenvalue weighted by molar-refractivity contribution is 6.02. The lowest BCUT2D eigenvalue weighted by atomic mass is 9.91. The Bertz CT molecular complexity index is 1360. The lowest BCUT2D eigenvalue weighted by Crippen LogP contribution is -2.19. The molecule has 1 aliphatic carbocycles. The molecule has 1 aliphatic heterocycles. The van der Waals surface area contributed by atoms with Gasteiger partial charge in [-0.1, -0.05) is 53.7 Å². The molecule has 3 aromatic carbocycles. The number of halogens is 3. The second kappa shape index (κ2) is 11.5. The maximum Gasteiger partial charge on any atom is 0.573 e. The molecule has 39 heavy (non-hydrogen) atoms. The number of hydrogen-bond donors (Lipinski definition) is 0. The van der Waals surface area contributed by atoms with Gasteiger partial charge in [0.2, 0.25) is 0 Å². The molecule has 2 aliphatic rings. The van der Waals surface area contributed by atoms with Crippen molar-refractivity contribution in [1.82, 2.24) is 0 Å². The largest absolute Gasteiger partial charge is 0.573 e. The highest BCUT2D eigenvalue weighted by Crippen LogP contribution is 2.40. The molecule has 0 aromatic heterocycles. The van der Waals surface area contributed by atoms with Crippen molar-refractivity contribution in [3.8, 4) is 22.6 Å². The first-order valence-corrected chi connectivity index (χ1v) is 13.2. The van der Waals surface area contributed by atoms with Gasteiger partial charge in [0, 0.05) is 17.2 Å². The van der Waals surface area contributed by atoms with Crippen LogP contribution in [-0.4, -0.2) is 31.5 Å². The summed E-state index contributed by atoms with van der Waals surface area (Å²) in [5.41, 5.74) is 5.74. The molecule has 1 heterocycles. The minimum Gasteiger partial charge on any atom is -0.488 e. The SMILES string of the molecule is CO/N=C(\COc1ccc(-c2ccc(C3CCCC(c4ccccc4C)=N3)c(OC(F)(F)F)c2)cc1)C1CC1. The van der Waals surface area contributed by atoms with Crippen LogP contribution in [0.15, 0.2) is 76.9 Å². The molecular formula is C31H31F3N2O3. The molecule has 1 atom stereocenters. The van der Waals surface area contributed by atoms with E-state index in [1.54, 1.807) is 18.2 Å². The lowest BCUT2D eigenvalue weighted by Gasteiger charge is -2.24.